The summed E-state index contributed by atoms with van der Waals surface area (Å²) >= 11 is 0. The van der Waals surface area contributed by atoms with E-state index < -0.39 is 71.3 Å². The van der Waals surface area contributed by atoms with Crippen LogP contribution in [0.25, 0.3) is 11.0 Å². The quantitative estimate of drug-likeness (QED) is 0.382. The number of ether oxygens (including phenoxy) is 4. The summed E-state index contributed by atoms with van der Waals surface area (Å²) in [6.45, 7) is 5.01. The van der Waals surface area contributed by atoms with Crippen LogP contribution in [0.1, 0.15) is 52.1 Å². The van der Waals surface area contributed by atoms with Crippen LogP contribution in [0.2, 0.25) is 0 Å². The molecule has 0 spiro atoms. The fourth-order valence-electron chi connectivity index (χ4n) is 5.70. The molecule has 1 saturated carbocycles. The lowest BCUT2D eigenvalue weighted by Crippen LogP contribution is -2.57. The van der Waals surface area contributed by atoms with E-state index in [1.807, 2.05) is 0 Å². The van der Waals surface area contributed by atoms with E-state index in [-0.39, 0.29) is 25.1 Å². The van der Waals surface area contributed by atoms with Gasteiger partial charge in [0.1, 0.15) is 24.3 Å². The van der Waals surface area contributed by atoms with Gasteiger partial charge in [-0.2, -0.15) is 8.78 Å². The number of esters is 1. The van der Waals surface area contributed by atoms with Gasteiger partial charge in [-0.15, -0.1) is 0 Å². The Kier molecular flexibility index (Phi) is 8.55. The molecule has 1 aromatic heterocycles. The SMILES string of the molecule is COC(=O)[C@@H]1C[C@@H]2CN1C(=O)[C@H](C(C)(C)C)NC(=O)O[C@@H]1CCC[C@H]1OCC=CC(F)(F)c1nc3ccccc3nc1O2. The lowest BCUT2D eigenvalue weighted by atomic mass is 9.85. The number of alkyl halides is 2. The number of halogens is 2. The molecule has 3 aliphatic rings. The van der Waals surface area contributed by atoms with Gasteiger partial charge in [-0.1, -0.05) is 39.0 Å². The van der Waals surface area contributed by atoms with Crippen LogP contribution in [0.4, 0.5) is 13.6 Å². The van der Waals surface area contributed by atoms with Crippen molar-refractivity contribution in [2.45, 2.75) is 82.8 Å². The smallest absolute Gasteiger partial charge is 0.408 e. The molecule has 2 fully saturated rings. The van der Waals surface area contributed by atoms with E-state index in [2.05, 4.69) is 15.3 Å². The maximum Gasteiger partial charge on any atom is 0.408 e. The number of allylic oxidation sites excluding steroid dienone is 1. The molecule has 1 aliphatic carbocycles. The van der Waals surface area contributed by atoms with Crippen molar-refractivity contribution in [3.05, 3.63) is 42.1 Å². The second-order valence-electron chi connectivity index (χ2n) is 12.1. The van der Waals surface area contributed by atoms with Gasteiger partial charge in [0.15, 0.2) is 5.69 Å². The molecule has 1 saturated heterocycles. The van der Waals surface area contributed by atoms with Crippen LogP contribution in [0, 0.1) is 5.41 Å². The van der Waals surface area contributed by atoms with Crippen molar-refractivity contribution >= 4 is 29.0 Å². The maximum absolute atomic E-state index is 15.7. The van der Waals surface area contributed by atoms with E-state index in [1.54, 1.807) is 45.0 Å². The molecule has 1 N–H and O–H groups in total. The number of benzene rings is 1. The summed E-state index contributed by atoms with van der Waals surface area (Å²) in [7, 11) is 1.19. The van der Waals surface area contributed by atoms with Gasteiger partial charge in [-0.25, -0.2) is 19.6 Å². The number of carbonyl (C=O) groups is 3. The van der Waals surface area contributed by atoms with E-state index >= 15 is 8.78 Å². The number of nitrogens with one attached hydrogen (secondary N) is 1. The first-order chi connectivity index (χ1) is 20.4. The summed E-state index contributed by atoms with van der Waals surface area (Å²) in [4.78, 5) is 49.6. The Hall–Kier alpha value is -3.87. The molecule has 2 amide bonds. The number of para-hydroxylation sites is 2. The summed E-state index contributed by atoms with van der Waals surface area (Å²) < 4.78 is 53.8. The standard InChI is InChI=1S/C30H36F2N4O7/c1-29(2,3)24-26(37)36-16-17(15-20(36)27(38)40-4)42-25-23(33-18-9-5-6-10-19(18)34-25)30(31,32)13-8-14-41-21-11-7-12-22(21)43-28(39)35-24/h5-6,8-10,13,17,20-22,24H,7,11-12,14-16H2,1-4H3,(H,35,39)/t17-,20+,21-,22-,24-/m1/s1. The normalized spacial score (nSPS) is 28.1. The van der Waals surface area contributed by atoms with Crippen LogP contribution < -0.4 is 10.1 Å². The molecule has 5 atom stereocenters. The van der Waals surface area contributed by atoms with Crippen LogP contribution in [-0.4, -0.2) is 83.5 Å². The average molecular weight is 603 g/mol. The molecule has 0 radical (unpaired) electrons. The predicted molar refractivity (Wildman–Crippen MR) is 149 cm³/mol. The van der Waals surface area contributed by atoms with Gasteiger partial charge >= 0.3 is 18.0 Å². The number of carbonyl (C=O) groups excluding carboxylic acids is 3. The molecule has 3 heterocycles. The fraction of sp³-hybridized carbons (Fsp3) is 0.567. The summed E-state index contributed by atoms with van der Waals surface area (Å²) in [6, 6.07) is 4.38. The summed E-state index contributed by atoms with van der Waals surface area (Å²) in [5.41, 5.74) is -0.900. The van der Waals surface area contributed by atoms with Crippen molar-refractivity contribution in [3.8, 4) is 5.88 Å². The van der Waals surface area contributed by atoms with Crippen molar-refractivity contribution in [1.29, 1.82) is 0 Å². The van der Waals surface area contributed by atoms with E-state index in [9.17, 15) is 14.4 Å². The van der Waals surface area contributed by atoms with Crippen LogP contribution in [0.5, 0.6) is 5.88 Å². The molecule has 2 aliphatic heterocycles. The third kappa shape index (κ3) is 6.56. The summed E-state index contributed by atoms with van der Waals surface area (Å²) in [6.07, 6.45) is 0.799. The first-order valence-electron chi connectivity index (χ1n) is 14.3. The highest BCUT2D eigenvalue weighted by Gasteiger charge is 2.47. The Morgan fingerprint density at radius 1 is 1.09 bits per heavy atom. The van der Waals surface area contributed by atoms with E-state index in [0.29, 0.717) is 30.9 Å². The van der Waals surface area contributed by atoms with E-state index in [1.165, 1.54) is 18.1 Å². The highest BCUT2D eigenvalue weighted by atomic mass is 19.3. The van der Waals surface area contributed by atoms with Gasteiger partial charge in [-0.3, -0.25) is 4.79 Å². The minimum absolute atomic E-state index is 0.0489. The van der Waals surface area contributed by atoms with Crippen LogP contribution in [0.15, 0.2) is 36.4 Å². The molecule has 43 heavy (non-hydrogen) atoms. The first-order valence-corrected chi connectivity index (χ1v) is 14.3. The van der Waals surface area contributed by atoms with Gasteiger partial charge in [0, 0.05) is 6.42 Å². The monoisotopic (exact) mass is 602 g/mol. The molecule has 1 aromatic carbocycles. The Morgan fingerprint density at radius 2 is 1.79 bits per heavy atom. The van der Waals surface area contributed by atoms with Gasteiger partial charge in [0.2, 0.25) is 11.8 Å². The third-order valence-electron chi connectivity index (χ3n) is 7.91. The second kappa shape index (κ2) is 12.0. The maximum atomic E-state index is 15.7. The molecule has 5 rings (SSSR count). The molecular formula is C30H36F2N4O7. The topological polar surface area (TPSA) is 129 Å². The highest BCUT2D eigenvalue weighted by molar-refractivity contribution is 5.91. The Bertz CT molecular complexity index is 1410. The molecular weight excluding hydrogens is 566 g/mol. The van der Waals surface area contributed by atoms with Crippen molar-refractivity contribution in [2.75, 3.05) is 20.3 Å². The van der Waals surface area contributed by atoms with Gasteiger partial charge < -0.3 is 29.2 Å². The molecule has 232 valence electrons. The number of alkyl carbamates (subject to hydrolysis) is 1. The Morgan fingerprint density at radius 3 is 2.49 bits per heavy atom. The fourth-order valence-corrected chi connectivity index (χ4v) is 5.70. The minimum Gasteiger partial charge on any atom is -0.471 e. The Balaban J connectivity index is 1.57. The zero-order valence-electron chi connectivity index (χ0n) is 24.5. The number of nitrogens with zero attached hydrogens (tertiary/aromatic N) is 3. The number of fused-ring (bicyclic) bond motifs is 5. The van der Waals surface area contributed by atoms with Crippen molar-refractivity contribution in [3.63, 3.8) is 0 Å². The molecule has 13 heteroatoms. The number of methoxy groups -OCH3 is 1. The molecule has 2 bridgehead atoms. The van der Waals surface area contributed by atoms with Crippen LogP contribution in [0.3, 0.4) is 0 Å². The van der Waals surface area contributed by atoms with Crippen molar-refractivity contribution < 1.29 is 42.1 Å². The zero-order chi connectivity index (χ0) is 30.9. The van der Waals surface area contributed by atoms with Crippen molar-refractivity contribution in [1.82, 2.24) is 20.2 Å². The summed E-state index contributed by atoms with van der Waals surface area (Å²) in [5.74, 6) is -5.28. The predicted octanol–water partition coefficient (Wildman–Crippen LogP) is 3.89. The van der Waals surface area contributed by atoms with Gasteiger partial charge in [-0.05, 0) is 42.9 Å². The molecule has 2 aromatic rings. The Labute approximate surface area is 247 Å². The number of amides is 2. The highest BCUT2D eigenvalue weighted by Crippen LogP contribution is 2.37. The largest absolute Gasteiger partial charge is 0.471 e. The zero-order valence-corrected chi connectivity index (χ0v) is 24.5. The van der Waals surface area contributed by atoms with E-state index in [0.717, 1.165) is 0 Å². The average Bonchev–Trinajstić information content (AvgIpc) is 3.58. The number of rotatable bonds is 1. The first kappa shape index (κ1) is 30.6. The molecule has 11 nitrogen and oxygen atoms in total. The summed E-state index contributed by atoms with van der Waals surface area (Å²) in [5, 5.41) is 2.69. The van der Waals surface area contributed by atoms with Gasteiger partial charge in [0.05, 0.1) is 37.4 Å². The van der Waals surface area contributed by atoms with Crippen LogP contribution in [-0.2, 0) is 29.7 Å². The lowest BCUT2D eigenvalue weighted by Gasteiger charge is -2.35. The lowest BCUT2D eigenvalue weighted by molar-refractivity contribution is -0.152. The number of hydrogen-bond donors (Lipinski definition) is 1. The minimum atomic E-state index is -3.60. The number of hydrogen-bond acceptors (Lipinski definition) is 9. The van der Waals surface area contributed by atoms with Crippen molar-refractivity contribution in [2.24, 2.45) is 5.41 Å². The van der Waals surface area contributed by atoms with E-state index in [4.69, 9.17) is 18.9 Å². The molecule has 0 unspecified atom stereocenters. The van der Waals surface area contributed by atoms with Gasteiger partial charge in [0.25, 0.3) is 0 Å². The number of aromatic nitrogens is 2. The second-order valence-corrected chi connectivity index (χ2v) is 12.1. The third-order valence-corrected chi connectivity index (χ3v) is 7.91. The van der Waals surface area contributed by atoms with Crippen LogP contribution >= 0.6 is 0 Å².